The molecule has 92 valence electrons. The molecular formula is C12H15NO4. The minimum atomic E-state index is -1.49. The molecule has 2 N–H and O–H groups in total. The van der Waals surface area contributed by atoms with Gasteiger partial charge >= 0.3 is 5.97 Å². The molecule has 0 saturated heterocycles. The largest absolute Gasteiger partial charge is 0.495 e. The van der Waals surface area contributed by atoms with Gasteiger partial charge in [0.2, 0.25) is 5.91 Å². The van der Waals surface area contributed by atoms with Crippen molar-refractivity contribution >= 4 is 17.6 Å². The number of hydrogen-bond acceptors (Lipinski definition) is 3. The Bertz CT molecular complexity index is 440. The van der Waals surface area contributed by atoms with Crippen molar-refractivity contribution < 1.29 is 19.4 Å². The van der Waals surface area contributed by atoms with Crippen LogP contribution in [0.3, 0.4) is 0 Å². The highest BCUT2D eigenvalue weighted by atomic mass is 16.5. The Hall–Kier alpha value is -2.04. The molecule has 0 unspecified atom stereocenters. The number of carboxylic acids is 1. The fraction of sp³-hybridized carbons (Fsp3) is 0.333. The zero-order valence-corrected chi connectivity index (χ0v) is 9.98. The molecule has 1 rings (SSSR count). The van der Waals surface area contributed by atoms with Crippen LogP contribution in [0.4, 0.5) is 5.69 Å². The third-order valence-electron chi connectivity index (χ3n) is 2.46. The van der Waals surface area contributed by atoms with Crippen LogP contribution in [0.1, 0.15) is 13.8 Å². The first kappa shape index (κ1) is 13.0. The van der Waals surface area contributed by atoms with Crippen LogP contribution >= 0.6 is 0 Å². The number of methoxy groups -OCH3 is 1. The number of nitrogens with one attached hydrogen (secondary N) is 1. The molecule has 0 spiro atoms. The lowest BCUT2D eigenvalue weighted by atomic mass is 9.92. The zero-order valence-electron chi connectivity index (χ0n) is 9.98. The van der Waals surface area contributed by atoms with E-state index in [2.05, 4.69) is 5.32 Å². The van der Waals surface area contributed by atoms with Crippen LogP contribution in [0, 0.1) is 5.41 Å². The lowest BCUT2D eigenvalue weighted by Crippen LogP contribution is -2.37. The third-order valence-corrected chi connectivity index (χ3v) is 2.46. The minimum absolute atomic E-state index is 0.453. The van der Waals surface area contributed by atoms with E-state index >= 15 is 0 Å². The van der Waals surface area contributed by atoms with Gasteiger partial charge in [0.1, 0.15) is 11.2 Å². The number of carbonyl (C=O) groups excluding carboxylic acids is 1. The van der Waals surface area contributed by atoms with Crippen LogP contribution in [-0.4, -0.2) is 24.1 Å². The van der Waals surface area contributed by atoms with Gasteiger partial charge in [-0.15, -0.1) is 0 Å². The quantitative estimate of drug-likeness (QED) is 0.782. The highest BCUT2D eigenvalue weighted by molar-refractivity contribution is 6.08. The molecule has 0 fully saturated rings. The number of rotatable bonds is 4. The molecule has 1 aromatic rings. The standard InChI is InChI=1S/C12H15NO4/c1-12(2,11(15)16)10(14)13-8-6-4-5-7-9(8)17-3/h4-7H,1-3H3,(H,13,14)(H,15,16). The van der Waals surface area contributed by atoms with Gasteiger partial charge in [-0.1, -0.05) is 12.1 Å². The van der Waals surface area contributed by atoms with Gasteiger partial charge in [-0.05, 0) is 26.0 Å². The monoisotopic (exact) mass is 237 g/mol. The van der Waals surface area contributed by atoms with Gasteiger partial charge in [0.25, 0.3) is 0 Å². The number of benzene rings is 1. The van der Waals surface area contributed by atoms with Gasteiger partial charge in [0.05, 0.1) is 12.8 Å². The van der Waals surface area contributed by atoms with E-state index in [1.165, 1.54) is 21.0 Å². The van der Waals surface area contributed by atoms with Crippen LogP contribution in [-0.2, 0) is 9.59 Å². The average Bonchev–Trinajstić information content (AvgIpc) is 2.29. The number of carboxylic acid groups (broad SMARTS) is 1. The number of aliphatic carboxylic acids is 1. The van der Waals surface area contributed by atoms with E-state index in [0.29, 0.717) is 11.4 Å². The maximum atomic E-state index is 11.8. The van der Waals surface area contributed by atoms with Gasteiger partial charge in [-0.3, -0.25) is 9.59 Å². The first-order chi connectivity index (χ1) is 7.89. The molecule has 5 heteroatoms. The molecule has 0 bridgehead atoms. The molecule has 0 saturated carbocycles. The van der Waals surface area contributed by atoms with Crippen molar-refractivity contribution in [1.29, 1.82) is 0 Å². The lowest BCUT2D eigenvalue weighted by molar-refractivity contribution is -0.151. The molecule has 1 aromatic carbocycles. The Morgan fingerprint density at radius 3 is 2.41 bits per heavy atom. The molecule has 0 atom stereocenters. The fourth-order valence-electron chi connectivity index (χ4n) is 1.12. The number of hydrogen-bond donors (Lipinski definition) is 2. The maximum Gasteiger partial charge on any atom is 0.318 e. The SMILES string of the molecule is COc1ccccc1NC(=O)C(C)(C)C(=O)O. The molecule has 5 nitrogen and oxygen atoms in total. The van der Waals surface area contributed by atoms with Crippen LogP contribution in [0.25, 0.3) is 0 Å². The Balaban J connectivity index is 2.92. The predicted octanol–water partition coefficient (Wildman–Crippen LogP) is 1.74. The number of carbonyl (C=O) groups is 2. The van der Waals surface area contributed by atoms with Crippen molar-refractivity contribution in [3.63, 3.8) is 0 Å². The fourth-order valence-corrected chi connectivity index (χ4v) is 1.12. The third kappa shape index (κ3) is 2.75. The number of para-hydroxylation sites is 2. The summed E-state index contributed by atoms with van der Waals surface area (Å²) in [6.07, 6.45) is 0. The second-order valence-electron chi connectivity index (χ2n) is 4.08. The van der Waals surface area contributed by atoms with Crippen molar-refractivity contribution in [3.05, 3.63) is 24.3 Å². The summed E-state index contributed by atoms with van der Waals surface area (Å²) in [5.74, 6) is -1.28. The smallest absolute Gasteiger partial charge is 0.318 e. The molecule has 0 aromatic heterocycles. The van der Waals surface area contributed by atoms with E-state index in [1.54, 1.807) is 24.3 Å². The summed E-state index contributed by atoms with van der Waals surface area (Å²) in [5, 5.41) is 11.5. The van der Waals surface area contributed by atoms with Crippen molar-refractivity contribution in [2.24, 2.45) is 5.41 Å². The van der Waals surface area contributed by atoms with Crippen molar-refractivity contribution in [2.75, 3.05) is 12.4 Å². The van der Waals surface area contributed by atoms with Crippen LogP contribution < -0.4 is 10.1 Å². The Morgan fingerprint density at radius 1 is 1.29 bits per heavy atom. The van der Waals surface area contributed by atoms with E-state index in [0.717, 1.165) is 0 Å². The summed E-state index contributed by atoms with van der Waals surface area (Å²) >= 11 is 0. The molecule has 0 radical (unpaired) electrons. The molecule has 17 heavy (non-hydrogen) atoms. The summed E-state index contributed by atoms with van der Waals surface area (Å²) < 4.78 is 5.06. The molecule has 0 aliphatic carbocycles. The predicted molar refractivity (Wildman–Crippen MR) is 63.0 cm³/mol. The number of ether oxygens (including phenoxy) is 1. The lowest BCUT2D eigenvalue weighted by Gasteiger charge is -2.19. The minimum Gasteiger partial charge on any atom is -0.495 e. The molecule has 0 aliphatic rings. The summed E-state index contributed by atoms with van der Waals surface area (Å²) in [4.78, 5) is 22.7. The Kier molecular flexibility index (Phi) is 3.73. The van der Waals surface area contributed by atoms with Crippen molar-refractivity contribution in [2.45, 2.75) is 13.8 Å². The Morgan fingerprint density at radius 2 is 1.88 bits per heavy atom. The second-order valence-corrected chi connectivity index (χ2v) is 4.08. The van der Waals surface area contributed by atoms with Crippen LogP contribution in [0.15, 0.2) is 24.3 Å². The van der Waals surface area contributed by atoms with E-state index in [1.807, 2.05) is 0 Å². The summed E-state index contributed by atoms with van der Waals surface area (Å²) in [7, 11) is 1.48. The number of amides is 1. The molecule has 0 heterocycles. The summed E-state index contributed by atoms with van der Waals surface area (Å²) in [5.41, 5.74) is -1.03. The van der Waals surface area contributed by atoms with Crippen molar-refractivity contribution in [3.8, 4) is 5.75 Å². The van der Waals surface area contributed by atoms with Gasteiger partial charge in [0, 0.05) is 0 Å². The average molecular weight is 237 g/mol. The van der Waals surface area contributed by atoms with Gasteiger partial charge in [0.15, 0.2) is 0 Å². The van der Waals surface area contributed by atoms with Crippen LogP contribution in [0.2, 0.25) is 0 Å². The van der Waals surface area contributed by atoms with E-state index < -0.39 is 17.3 Å². The molecule has 1 amide bonds. The summed E-state index contributed by atoms with van der Waals surface area (Å²) in [6.45, 7) is 2.69. The maximum absolute atomic E-state index is 11.8. The normalized spacial score (nSPS) is 10.8. The topological polar surface area (TPSA) is 75.6 Å². The van der Waals surface area contributed by atoms with Gasteiger partial charge < -0.3 is 15.2 Å². The van der Waals surface area contributed by atoms with E-state index in [-0.39, 0.29) is 0 Å². The van der Waals surface area contributed by atoms with Crippen molar-refractivity contribution in [1.82, 2.24) is 0 Å². The van der Waals surface area contributed by atoms with E-state index in [4.69, 9.17) is 9.84 Å². The zero-order chi connectivity index (χ0) is 13.1. The van der Waals surface area contributed by atoms with E-state index in [9.17, 15) is 9.59 Å². The highest BCUT2D eigenvalue weighted by Gasteiger charge is 2.36. The molecular weight excluding hydrogens is 222 g/mol. The van der Waals surface area contributed by atoms with Gasteiger partial charge in [-0.2, -0.15) is 0 Å². The first-order valence-electron chi connectivity index (χ1n) is 5.07. The highest BCUT2D eigenvalue weighted by Crippen LogP contribution is 2.26. The molecule has 0 aliphatic heterocycles. The van der Waals surface area contributed by atoms with Gasteiger partial charge in [-0.25, -0.2) is 0 Å². The second kappa shape index (κ2) is 4.86. The first-order valence-corrected chi connectivity index (χ1v) is 5.07. The Labute approximate surface area is 99.4 Å². The summed E-state index contributed by atoms with van der Waals surface area (Å²) in [6, 6.07) is 6.82. The number of anilines is 1. The van der Waals surface area contributed by atoms with Crippen LogP contribution in [0.5, 0.6) is 5.75 Å².